The van der Waals surface area contributed by atoms with Crippen LogP contribution in [0, 0.1) is 11.8 Å². The molecule has 1 fully saturated rings. The summed E-state index contributed by atoms with van der Waals surface area (Å²) in [5.41, 5.74) is 18.3. The predicted octanol–water partition coefficient (Wildman–Crippen LogP) is -1.86. The molecule has 1 aromatic carbocycles. The van der Waals surface area contributed by atoms with Gasteiger partial charge in [0.1, 0.15) is 48.3 Å². The zero-order valence-corrected chi connectivity index (χ0v) is 41.1. The predicted molar refractivity (Wildman–Crippen MR) is 262 cm³/mol. The first-order valence-corrected chi connectivity index (χ1v) is 24.3. The number of aliphatic hydroxyl groups is 1. The lowest BCUT2D eigenvalue weighted by molar-refractivity contribution is -0.137. The summed E-state index contributed by atoms with van der Waals surface area (Å²) in [6.45, 7) is 7.19. The Morgan fingerprint density at radius 2 is 1.25 bits per heavy atom. The molecular formula is C46H74N12O10S. The number of aromatic nitrogens is 1. The minimum atomic E-state index is -1.64. The van der Waals surface area contributed by atoms with E-state index >= 15 is 0 Å². The molecule has 0 bridgehead atoms. The van der Waals surface area contributed by atoms with Crippen molar-refractivity contribution in [2.24, 2.45) is 29.0 Å². The van der Waals surface area contributed by atoms with Gasteiger partial charge in [-0.15, -0.1) is 0 Å². The van der Waals surface area contributed by atoms with Crippen LogP contribution in [0.15, 0.2) is 30.5 Å². The van der Waals surface area contributed by atoms with Gasteiger partial charge in [0.25, 0.3) is 0 Å². The van der Waals surface area contributed by atoms with Crippen molar-refractivity contribution in [3.05, 3.63) is 36.0 Å². The molecule has 0 radical (unpaired) electrons. The maximum Gasteiger partial charge on any atom is 0.245 e. The molecular weight excluding hydrogens is 913 g/mol. The average molecular weight is 987 g/mol. The number of carbonyl (C=O) groups excluding carboxylic acids is 9. The Balaban J connectivity index is 1.66. The van der Waals surface area contributed by atoms with Crippen molar-refractivity contribution >= 4 is 76.7 Å². The molecule has 1 aliphatic rings. The fraction of sp³-hybridized carbons (Fsp3) is 0.630. The monoisotopic (exact) mass is 987 g/mol. The quantitative estimate of drug-likeness (QED) is 0.0418. The molecule has 0 unspecified atom stereocenters. The van der Waals surface area contributed by atoms with E-state index in [-0.39, 0.29) is 43.4 Å². The van der Waals surface area contributed by atoms with Crippen LogP contribution in [0.25, 0.3) is 10.9 Å². The number of rotatable bonds is 28. The number of benzene rings is 1. The molecule has 0 saturated heterocycles. The van der Waals surface area contributed by atoms with E-state index in [2.05, 4.69) is 60.1 Å². The Hall–Kier alpha value is -5.78. The van der Waals surface area contributed by atoms with E-state index < -0.39 is 114 Å². The topological polar surface area (TPSA) is 364 Å². The van der Waals surface area contributed by atoms with E-state index in [0.717, 1.165) is 48.6 Å². The van der Waals surface area contributed by atoms with Crippen molar-refractivity contribution in [3.8, 4) is 0 Å². The van der Waals surface area contributed by atoms with Gasteiger partial charge in [-0.3, -0.25) is 43.2 Å². The van der Waals surface area contributed by atoms with Crippen LogP contribution in [0.1, 0.15) is 98.0 Å². The number of primary amides is 1. The molecule has 2 aromatic rings. The van der Waals surface area contributed by atoms with Gasteiger partial charge in [-0.1, -0.05) is 57.7 Å². The summed E-state index contributed by atoms with van der Waals surface area (Å²) < 4.78 is 0. The standard InChI is InChI=1S/C46H74N12O10S/c1-6-24(2)37(57-42(64)33(53-36(60)19-28-13-8-7-9-14-28)20-29-22-50-31-16-11-10-15-30(29)31)45(67)58-38(27(5)59)46(68)55-34(21-48)43(65)52-25(3)40(62)51-26(4)41(63)56-35(23-69)44(66)54-32(39(49)61)17-12-18-47/h10-11,15-16,22,24-28,32-35,37-38,50,59,69H,6-9,12-14,17-21,23,47-48H2,1-5H3,(H2,49,61)(H,51,62)(H,52,65)(H,53,60)(H,54,66)(H,55,68)(H,56,63)(H,57,64)(H,58,67)/t24-,25-,26-,27+,32-,33+,34-,35-,37-,38-/m0/s1. The Kier molecular flexibility index (Phi) is 23.9. The van der Waals surface area contributed by atoms with Gasteiger partial charge < -0.3 is 69.8 Å². The van der Waals surface area contributed by atoms with Gasteiger partial charge in [0.2, 0.25) is 53.2 Å². The number of fused-ring (bicyclic) bond motifs is 1. The van der Waals surface area contributed by atoms with Crippen LogP contribution in [-0.4, -0.2) is 137 Å². The number of H-pyrrole nitrogens is 1. The molecule has 1 aliphatic carbocycles. The number of nitrogens with one attached hydrogen (secondary N) is 9. The summed E-state index contributed by atoms with van der Waals surface area (Å²) in [5, 5.41) is 31.9. The lowest BCUT2D eigenvalue weighted by Gasteiger charge is -2.30. The number of hydrogen-bond acceptors (Lipinski definition) is 13. The van der Waals surface area contributed by atoms with Crippen molar-refractivity contribution in [1.82, 2.24) is 47.5 Å². The maximum absolute atomic E-state index is 14.2. The zero-order chi connectivity index (χ0) is 51.4. The Labute approximate surface area is 408 Å². The van der Waals surface area contributed by atoms with Gasteiger partial charge >= 0.3 is 0 Å². The summed E-state index contributed by atoms with van der Waals surface area (Å²) >= 11 is 4.11. The van der Waals surface area contributed by atoms with Crippen molar-refractivity contribution in [1.29, 1.82) is 0 Å². The van der Waals surface area contributed by atoms with Gasteiger partial charge in [-0.25, -0.2) is 0 Å². The number of hydrogen-bond donors (Lipinski definition) is 14. The van der Waals surface area contributed by atoms with Gasteiger partial charge in [0.15, 0.2) is 0 Å². The SMILES string of the molecule is CC[C@H](C)[C@H](NC(=O)[C@@H](Cc1c[nH]c2ccccc12)NC(=O)CC1CCCCC1)C(=O)N[C@H](C(=O)N[C@@H](CN)C(=O)N[C@@H](C)C(=O)N[C@@H](C)C(=O)N[C@@H](CS)C(=O)N[C@@H](CCCN)C(N)=O)[C@@H](C)O. The molecule has 16 N–H and O–H groups in total. The number of amides is 9. The van der Waals surface area contributed by atoms with Crippen LogP contribution >= 0.6 is 12.6 Å². The van der Waals surface area contributed by atoms with E-state index in [1.807, 2.05) is 31.2 Å². The van der Waals surface area contributed by atoms with Crippen molar-refractivity contribution in [2.45, 2.75) is 153 Å². The van der Waals surface area contributed by atoms with Gasteiger partial charge in [0.05, 0.1) is 6.10 Å². The molecule has 1 saturated carbocycles. The van der Waals surface area contributed by atoms with Gasteiger partial charge in [-0.2, -0.15) is 12.6 Å². The van der Waals surface area contributed by atoms with E-state index in [1.54, 1.807) is 13.1 Å². The molecule has 22 nitrogen and oxygen atoms in total. The molecule has 0 aliphatic heterocycles. The molecule has 3 rings (SSSR count). The van der Waals surface area contributed by atoms with Crippen LogP contribution in [0.2, 0.25) is 0 Å². The Bertz CT molecular complexity index is 2080. The molecule has 384 valence electrons. The first kappa shape index (κ1) is 57.5. The smallest absolute Gasteiger partial charge is 0.245 e. The van der Waals surface area contributed by atoms with Gasteiger partial charge in [0, 0.05) is 42.2 Å². The normalized spacial score (nSPS) is 17.2. The molecule has 69 heavy (non-hydrogen) atoms. The molecule has 1 heterocycles. The highest BCUT2D eigenvalue weighted by Gasteiger charge is 2.36. The fourth-order valence-electron chi connectivity index (χ4n) is 7.89. The molecule has 1 aromatic heterocycles. The van der Waals surface area contributed by atoms with E-state index in [9.17, 15) is 48.3 Å². The largest absolute Gasteiger partial charge is 0.391 e. The van der Waals surface area contributed by atoms with Crippen LogP contribution in [-0.2, 0) is 49.6 Å². The van der Waals surface area contributed by atoms with E-state index in [0.29, 0.717) is 12.8 Å². The van der Waals surface area contributed by atoms with Crippen molar-refractivity contribution in [2.75, 3.05) is 18.8 Å². The number of para-hydroxylation sites is 1. The molecule has 10 atom stereocenters. The minimum absolute atomic E-state index is 0.117. The van der Waals surface area contributed by atoms with Crippen LogP contribution in [0.3, 0.4) is 0 Å². The maximum atomic E-state index is 14.2. The van der Waals surface area contributed by atoms with Crippen molar-refractivity contribution < 1.29 is 48.3 Å². The highest BCUT2D eigenvalue weighted by molar-refractivity contribution is 7.80. The number of thiol groups is 1. The summed E-state index contributed by atoms with van der Waals surface area (Å²) in [6.07, 6.45) is 6.72. The van der Waals surface area contributed by atoms with E-state index in [4.69, 9.17) is 17.2 Å². The van der Waals surface area contributed by atoms with Crippen LogP contribution in [0.4, 0.5) is 0 Å². The van der Waals surface area contributed by atoms with Crippen LogP contribution in [0.5, 0.6) is 0 Å². The minimum Gasteiger partial charge on any atom is -0.391 e. The second kappa shape index (κ2) is 28.6. The Morgan fingerprint density at radius 1 is 0.696 bits per heavy atom. The fourth-order valence-corrected chi connectivity index (χ4v) is 8.14. The number of nitrogens with two attached hydrogens (primary N) is 3. The second-order valence-corrected chi connectivity index (χ2v) is 18.3. The third-order valence-corrected chi connectivity index (χ3v) is 12.7. The second-order valence-electron chi connectivity index (χ2n) is 17.9. The van der Waals surface area contributed by atoms with E-state index in [1.165, 1.54) is 20.8 Å². The number of aliphatic hydroxyl groups excluding tert-OH is 1. The first-order valence-electron chi connectivity index (χ1n) is 23.7. The van der Waals surface area contributed by atoms with Gasteiger partial charge in [-0.05, 0) is 76.5 Å². The summed E-state index contributed by atoms with van der Waals surface area (Å²) in [4.78, 5) is 122. The number of carbonyl (C=O) groups is 9. The lowest BCUT2D eigenvalue weighted by atomic mass is 9.86. The van der Waals surface area contributed by atoms with Crippen LogP contribution < -0.4 is 59.7 Å². The summed E-state index contributed by atoms with van der Waals surface area (Å²) in [5.74, 6) is -7.20. The first-order chi connectivity index (χ1) is 32.7. The highest BCUT2D eigenvalue weighted by Crippen LogP contribution is 2.26. The lowest BCUT2D eigenvalue weighted by Crippen LogP contribution is -2.63. The Morgan fingerprint density at radius 3 is 1.84 bits per heavy atom. The summed E-state index contributed by atoms with van der Waals surface area (Å²) in [7, 11) is 0. The molecule has 23 heteroatoms. The van der Waals surface area contributed by atoms with Crippen molar-refractivity contribution in [3.63, 3.8) is 0 Å². The average Bonchev–Trinajstić information content (AvgIpc) is 3.73. The molecule has 0 spiro atoms. The summed E-state index contributed by atoms with van der Waals surface area (Å²) in [6, 6.07) is -2.61. The zero-order valence-electron chi connectivity index (χ0n) is 40.2. The highest BCUT2D eigenvalue weighted by atomic mass is 32.1. The third-order valence-electron chi connectivity index (χ3n) is 12.4. The third kappa shape index (κ3) is 17.9. The number of aromatic amines is 1. The molecule has 9 amide bonds.